The van der Waals surface area contributed by atoms with Crippen LogP contribution in [0.5, 0.6) is 5.75 Å². The molecule has 6 heteroatoms. The van der Waals surface area contributed by atoms with E-state index in [9.17, 15) is 4.39 Å². The Morgan fingerprint density at radius 2 is 2.25 bits per heavy atom. The van der Waals surface area contributed by atoms with Gasteiger partial charge in [0.15, 0.2) is 11.6 Å². The standard InChI is InChI=1S/C14H14BrClFNOS/c1-2-10(18)14(12-6-8(15)7-20-12)19-11-5-3-4-9(16)13(11)17/h3-7,10,14H,2,18H2,1H3. The molecule has 0 aliphatic carbocycles. The Labute approximate surface area is 134 Å². The highest BCUT2D eigenvalue weighted by atomic mass is 79.9. The summed E-state index contributed by atoms with van der Waals surface area (Å²) < 4.78 is 20.7. The second-order valence-electron chi connectivity index (χ2n) is 4.33. The number of ether oxygens (including phenoxy) is 1. The molecule has 0 saturated carbocycles. The minimum atomic E-state index is -0.557. The molecule has 1 heterocycles. The fraction of sp³-hybridized carbons (Fsp3) is 0.286. The zero-order valence-corrected chi connectivity index (χ0v) is 13.9. The lowest BCUT2D eigenvalue weighted by Gasteiger charge is -2.23. The summed E-state index contributed by atoms with van der Waals surface area (Å²) in [6.45, 7) is 1.97. The molecular formula is C14H14BrClFNOS. The van der Waals surface area contributed by atoms with Crippen LogP contribution in [0.4, 0.5) is 4.39 Å². The lowest BCUT2D eigenvalue weighted by molar-refractivity contribution is 0.167. The molecule has 0 fully saturated rings. The molecule has 2 nitrogen and oxygen atoms in total. The van der Waals surface area contributed by atoms with Crippen LogP contribution in [0.25, 0.3) is 0 Å². The first-order chi connectivity index (χ1) is 9.52. The quantitative estimate of drug-likeness (QED) is 0.780. The summed E-state index contributed by atoms with van der Waals surface area (Å²) in [5.74, 6) is -0.436. The van der Waals surface area contributed by atoms with Crippen molar-refractivity contribution in [3.05, 3.63) is 49.8 Å². The van der Waals surface area contributed by atoms with Crippen molar-refractivity contribution >= 4 is 38.9 Å². The molecule has 2 aromatic rings. The average molecular weight is 379 g/mol. The molecule has 0 saturated heterocycles. The van der Waals surface area contributed by atoms with Gasteiger partial charge in [-0.05, 0) is 40.5 Å². The highest BCUT2D eigenvalue weighted by molar-refractivity contribution is 9.10. The maximum atomic E-state index is 13.9. The Hall–Kier alpha value is -0.620. The van der Waals surface area contributed by atoms with Crippen LogP contribution < -0.4 is 10.5 Å². The van der Waals surface area contributed by atoms with E-state index in [-0.39, 0.29) is 16.8 Å². The second-order valence-corrected chi connectivity index (χ2v) is 6.60. The van der Waals surface area contributed by atoms with Crippen molar-refractivity contribution in [2.45, 2.75) is 25.5 Å². The second kappa shape index (κ2) is 6.89. The number of nitrogens with two attached hydrogens (primary N) is 1. The van der Waals surface area contributed by atoms with Gasteiger partial charge in [-0.25, -0.2) is 4.39 Å². The van der Waals surface area contributed by atoms with Gasteiger partial charge in [-0.3, -0.25) is 0 Å². The molecule has 0 amide bonds. The zero-order valence-electron chi connectivity index (χ0n) is 10.8. The van der Waals surface area contributed by atoms with Crippen molar-refractivity contribution in [2.75, 3.05) is 0 Å². The van der Waals surface area contributed by atoms with Crippen molar-refractivity contribution < 1.29 is 9.13 Å². The average Bonchev–Trinajstić information content (AvgIpc) is 2.86. The maximum absolute atomic E-state index is 13.9. The third-order valence-corrected chi connectivity index (χ3v) is 4.95. The number of hydrogen-bond donors (Lipinski definition) is 1. The van der Waals surface area contributed by atoms with Crippen LogP contribution in [0.1, 0.15) is 24.3 Å². The van der Waals surface area contributed by atoms with Gasteiger partial charge in [0.25, 0.3) is 0 Å². The fourth-order valence-corrected chi connectivity index (χ4v) is 3.47. The summed E-state index contributed by atoms with van der Waals surface area (Å²) in [7, 11) is 0. The van der Waals surface area contributed by atoms with Crippen molar-refractivity contribution in [1.29, 1.82) is 0 Å². The SMILES string of the molecule is CCC(N)C(Oc1cccc(Cl)c1F)c1cc(Br)cs1. The molecule has 2 rings (SSSR count). The van der Waals surface area contributed by atoms with Gasteiger partial charge in [0, 0.05) is 20.8 Å². The highest BCUT2D eigenvalue weighted by Crippen LogP contribution is 2.34. The maximum Gasteiger partial charge on any atom is 0.183 e. The first kappa shape index (κ1) is 15.8. The molecule has 1 aromatic heterocycles. The van der Waals surface area contributed by atoms with Crippen LogP contribution in [0.2, 0.25) is 5.02 Å². The van der Waals surface area contributed by atoms with Gasteiger partial charge < -0.3 is 10.5 Å². The van der Waals surface area contributed by atoms with E-state index < -0.39 is 11.9 Å². The Kier molecular flexibility index (Phi) is 5.43. The van der Waals surface area contributed by atoms with Gasteiger partial charge in [0.05, 0.1) is 5.02 Å². The van der Waals surface area contributed by atoms with E-state index in [1.807, 2.05) is 18.4 Å². The molecule has 2 N–H and O–H groups in total. The molecular weight excluding hydrogens is 365 g/mol. The molecule has 1 aromatic carbocycles. The van der Waals surface area contributed by atoms with E-state index >= 15 is 0 Å². The number of rotatable bonds is 5. The van der Waals surface area contributed by atoms with Crippen LogP contribution in [0.15, 0.2) is 34.1 Å². The summed E-state index contributed by atoms with van der Waals surface area (Å²) >= 11 is 10.7. The van der Waals surface area contributed by atoms with E-state index in [0.29, 0.717) is 0 Å². The molecule has 0 radical (unpaired) electrons. The summed E-state index contributed by atoms with van der Waals surface area (Å²) in [5, 5.41) is 1.99. The van der Waals surface area contributed by atoms with E-state index in [1.54, 1.807) is 12.1 Å². The molecule has 2 unspecified atom stereocenters. The minimum Gasteiger partial charge on any atom is -0.480 e. The predicted octanol–water partition coefficient (Wildman–Crippen LogP) is 5.16. The largest absolute Gasteiger partial charge is 0.480 e. The highest BCUT2D eigenvalue weighted by Gasteiger charge is 2.24. The minimum absolute atomic E-state index is 0.0404. The smallest absolute Gasteiger partial charge is 0.183 e. The Morgan fingerprint density at radius 3 is 2.85 bits per heavy atom. The predicted molar refractivity (Wildman–Crippen MR) is 85.1 cm³/mol. The number of thiophene rings is 1. The zero-order chi connectivity index (χ0) is 14.7. The Morgan fingerprint density at radius 1 is 1.50 bits per heavy atom. The fourth-order valence-electron chi connectivity index (χ4n) is 1.76. The van der Waals surface area contributed by atoms with Crippen molar-refractivity contribution in [2.24, 2.45) is 5.73 Å². The summed E-state index contributed by atoms with van der Waals surface area (Å²) in [5.41, 5.74) is 6.11. The lowest BCUT2D eigenvalue weighted by Crippen LogP contribution is -2.31. The van der Waals surface area contributed by atoms with Gasteiger partial charge in [-0.2, -0.15) is 0 Å². The molecule has 0 aliphatic rings. The van der Waals surface area contributed by atoms with Crippen LogP contribution in [-0.2, 0) is 0 Å². The summed E-state index contributed by atoms with van der Waals surface area (Å²) in [6, 6.07) is 6.41. The third-order valence-electron chi connectivity index (χ3n) is 2.90. The summed E-state index contributed by atoms with van der Waals surface area (Å²) in [4.78, 5) is 0.950. The van der Waals surface area contributed by atoms with E-state index in [2.05, 4.69) is 15.9 Å². The number of hydrogen-bond acceptors (Lipinski definition) is 3. The van der Waals surface area contributed by atoms with Gasteiger partial charge in [0.2, 0.25) is 0 Å². The van der Waals surface area contributed by atoms with Gasteiger partial charge in [-0.1, -0.05) is 24.6 Å². The number of benzene rings is 1. The molecule has 108 valence electrons. The number of halogens is 3. The van der Waals surface area contributed by atoms with Gasteiger partial charge >= 0.3 is 0 Å². The Balaban J connectivity index is 2.31. The lowest BCUT2D eigenvalue weighted by atomic mass is 10.1. The van der Waals surface area contributed by atoms with Gasteiger partial charge in [0.1, 0.15) is 6.10 Å². The van der Waals surface area contributed by atoms with Crippen molar-refractivity contribution in [3.8, 4) is 5.75 Å². The molecule has 0 bridgehead atoms. The normalized spacial score (nSPS) is 14.1. The monoisotopic (exact) mass is 377 g/mol. The molecule has 0 aliphatic heterocycles. The first-order valence-electron chi connectivity index (χ1n) is 6.13. The summed E-state index contributed by atoms with van der Waals surface area (Å²) in [6.07, 6.45) is 0.326. The first-order valence-corrected chi connectivity index (χ1v) is 8.18. The van der Waals surface area contributed by atoms with E-state index in [0.717, 1.165) is 15.8 Å². The van der Waals surface area contributed by atoms with Gasteiger partial charge in [-0.15, -0.1) is 11.3 Å². The molecule has 20 heavy (non-hydrogen) atoms. The van der Waals surface area contributed by atoms with Crippen LogP contribution >= 0.6 is 38.9 Å². The molecule has 2 atom stereocenters. The molecule has 0 spiro atoms. The topological polar surface area (TPSA) is 35.2 Å². The van der Waals surface area contributed by atoms with Crippen LogP contribution in [-0.4, -0.2) is 6.04 Å². The van der Waals surface area contributed by atoms with Crippen molar-refractivity contribution in [1.82, 2.24) is 0 Å². The van der Waals surface area contributed by atoms with E-state index in [1.165, 1.54) is 17.4 Å². The van der Waals surface area contributed by atoms with Crippen LogP contribution in [0, 0.1) is 5.82 Å². The van der Waals surface area contributed by atoms with Crippen LogP contribution in [0.3, 0.4) is 0 Å². The Bertz CT molecular complexity index is 592. The third kappa shape index (κ3) is 3.52. The van der Waals surface area contributed by atoms with E-state index in [4.69, 9.17) is 22.1 Å². The van der Waals surface area contributed by atoms with Crippen molar-refractivity contribution in [3.63, 3.8) is 0 Å².